The maximum absolute atomic E-state index is 12.2. The molecule has 1 aromatic rings. The smallest absolute Gasteiger partial charge is 0.355 e. The number of amides is 2. The Hall–Kier alpha value is -2.75. The summed E-state index contributed by atoms with van der Waals surface area (Å²) in [7, 11) is -3.19. The summed E-state index contributed by atoms with van der Waals surface area (Å²) in [5.41, 5.74) is 1.58. The third-order valence-corrected chi connectivity index (χ3v) is 6.24. The number of rotatable bonds is 5. The van der Waals surface area contributed by atoms with Crippen LogP contribution in [0.15, 0.2) is 29.4 Å². The lowest BCUT2D eigenvalue weighted by molar-refractivity contribution is -0.141. The van der Waals surface area contributed by atoms with Crippen LogP contribution in [0.4, 0.5) is 5.69 Å². The lowest BCUT2D eigenvalue weighted by Gasteiger charge is -2.27. The number of nitrogens with one attached hydrogen (secondary N) is 1. The minimum atomic E-state index is -3.19. The second-order valence-corrected chi connectivity index (χ2v) is 9.06. The highest BCUT2D eigenvalue weighted by Gasteiger charge is 2.37. The highest BCUT2D eigenvalue weighted by molar-refractivity contribution is 7.91. The Morgan fingerprint density at radius 1 is 1.32 bits per heavy atom. The number of benzene rings is 1. The van der Waals surface area contributed by atoms with E-state index in [4.69, 9.17) is 4.74 Å². The van der Waals surface area contributed by atoms with E-state index in [-0.39, 0.29) is 36.0 Å². The lowest BCUT2D eigenvalue weighted by atomic mass is 10.1. The molecular formula is C18H21N3O6S. The maximum atomic E-state index is 12.2. The largest absolute Gasteiger partial charge is 0.451 e. The average Bonchev–Trinajstić information content (AvgIpc) is 3.00. The number of hydrogen-bond acceptors (Lipinski definition) is 7. The molecule has 2 heterocycles. The molecule has 1 atom stereocenters. The first-order chi connectivity index (χ1) is 13.2. The van der Waals surface area contributed by atoms with Crippen LogP contribution < -0.4 is 5.32 Å². The van der Waals surface area contributed by atoms with Gasteiger partial charge in [-0.15, -0.1) is 0 Å². The Bertz CT molecular complexity index is 940. The average molecular weight is 407 g/mol. The summed E-state index contributed by atoms with van der Waals surface area (Å²) in [6.07, 6.45) is 0.423. The van der Waals surface area contributed by atoms with Gasteiger partial charge in [-0.25, -0.2) is 18.2 Å². The van der Waals surface area contributed by atoms with Crippen LogP contribution in [0.1, 0.15) is 24.8 Å². The van der Waals surface area contributed by atoms with E-state index < -0.39 is 34.4 Å². The third-order valence-electron chi connectivity index (χ3n) is 4.49. The van der Waals surface area contributed by atoms with Crippen molar-refractivity contribution in [3.05, 3.63) is 29.8 Å². The van der Waals surface area contributed by atoms with Gasteiger partial charge in [0.1, 0.15) is 5.71 Å². The van der Waals surface area contributed by atoms with E-state index in [1.165, 1.54) is 0 Å². The predicted octanol–water partition coefficient (Wildman–Crippen LogP) is 0.642. The van der Waals surface area contributed by atoms with Crippen molar-refractivity contribution >= 4 is 39.0 Å². The van der Waals surface area contributed by atoms with Gasteiger partial charge < -0.3 is 10.1 Å². The Morgan fingerprint density at radius 3 is 2.79 bits per heavy atom. The standard InChI is InChI=1S/C18H21N3O6S/c1-12-3-2-4-13(9-12)19-16(22)10-27-18(24)15-5-6-17(23)21(20-15)14-7-8-28(25,26)11-14/h2-4,9,14H,5-8,10-11H2,1H3,(H,19,22)/t14-/m0/s1. The van der Waals surface area contributed by atoms with Crippen LogP contribution in [0.5, 0.6) is 0 Å². The summed E-state index contributed by atoms with van der Waals surface area (Å²) in [6.45, 7) is 1.40. The van der Waals surface area contributed by atoms with E-state index in [1.54, 1.807) is 18.2 Å². The van der Waals surface area contributed by atoms with E-state index >= 15 is 0 Å². The van der Waals surface area contributed by atoms with Crippen LogP contribution in [0.25, 0.3) is 0 Å². The van der Waals surface area contributed by atoms with E-state index in [0.29, 0.717) is 12.1 Å². The molecule has 2 aliphatic rings. The number of hydrazone groups is 1. The number of hydrogen-bond donors (Lipinski definition) is 1. The molecule has 3 rings (SSSR count). The Kier molecular flexibility index (Phi) is 5.78. The van der Waals surface area contributed by atoms with Gasteiger partial charge in [0.25, 0.3) is 5.91 Å². The highest BCUT2D eigenvalue weighted by Crippen LogP contribution is 2.22. The second-order valence-electron chi connectivity index (χ2n) is 6.84. The number of esters is 1. The molecule has 28 heavy (non-hydrogen) atoms. The first-order valence-electron chi connectivity index (χ1n) is 8.87. The van der Waals surface area contributed by atoms with Crippen molar-refractivity contribution in [1.29, 1.82) is 0 Å². The van der Waals surface area contributed by atoms with Crippen molar-refractivity contribution < 1.29 is 27.5 Å². The van der Waals surface area contributed by atoms with Gasteiger partial charge in [-0.05, 0) is 31.0 Å². The van der Waals surface area contributed by atoms with Crippen LogP contribution in [0, 0.1) is 6.92 Å². The normalized spacial score (nSPS) is 21.2. The van der Waals surface area contributed by atoms with Gasteiger partial charge >= 0.3 is 5.97 Å². The zero-order valence-electron chi connectivity index (χ0n) is 15.4. The minimum Gasteiger partial charge on any atom is -0.451 e. The van der Waals surface area contributed by atoms with Gasteiger partial charge in [-0.2, -0.15) is 5.10 Å². The molecular weight excluding hydrogens is 386 g/mol. The number of sulfone groups is 1. The Labute approximate surface area is 162 Å². The highest BCUT2D eigenvalue weighted by atomic mass is 32.2. The molecule has 9 nitrogen and oxygen atoms in total. The molecule has 2 aliphatic heterocycles. The quantitative estimate of drug-likeness (QED) is 0.715. The van der Waals surface area contributed by atoms with Crippen molar-refractivity contribution in [2.45, 2.75) is 32.2 Å². The number of carbonyl (C=O) groups is 3. The molecule has 0 bridgehead atoms. The maximum Gasteiger partial charge on any atom is 0.355 e. The van der Waals surface area contributed by atoms with E-state index in [1.807, 2.05) is 13.0 Å². The summed E-state index contributed by atoms with van der Waals surface area (Å²) in [5, 5.41) is 7.72. The van der Waals surface area contributed by atoms with Crippen LogP contribution in [-0.4, -0.2) is 61.1 Å². The second kappa shape index (κ2) is 8.09. The SMILES string of the molecule is Cc1cccc(NC(=O)COC(=O)C2=NN([C@H]3CCS(=O)(=O)C3)C(=O)CC2)c1. The molecule has 0 saturated carbocycles. The summed E-state index contributed by atoms with van der Waals surface area (Å²) in [4.78, 5) is 36.2. The van der Waals surface area contributed by atoms with Gasteiger partial charge in [0.2, 0.25) is 5.91 Å². The molecule has 0 aromatic heterocycles. The molecule has 2 amide bonds. The number of ether oxygens (including phenoxy) is 1. The van der Waals surface area contributed by atoms with Crippen molar-refractivity contribution in [1.82, 2.24) is 5.01 Å². The first-order valence-corrected chi connectivity index (χ1v) is 10.7. The topological polar surface area (TPSA) is 122 Å². The molecule has 0 radical (unpaired) electrons. The monoisotopic (exact) mass is 407 g/mol. The van der Waals surface area contributed by atoms with Gasteiger partial charge in [0, 0.05) is 18.5 Å². The fourth-order valence-electron chi connectivity index (χ4n) is 3.11. The molecule has 1 fully saturated rings. The Balaban J connectivity index is 1.58. The molecule has 1 aromatic carbocycles. The van der Waals surface area contributed by atoms with Crippen LogP contribution in [0.2, 0.25) is 0 Å². The summed E-state index contributed by atoms with van der Waals surface area (Å²) in [5.74, 6) is -1.78. The van der Waals surface area contributed by atoms with Crippen molar-refractivity contribution in [3.63, 3.8) is 0 Å². The fraction of sp³-hybridized carbons (Fsp3) is 0.444. The van der Waals surface area contributed by atoms with E-state index in [9.17, 15) is 22.8 Å². The molecule has 150 valence electrons. The number of nitrogens with zero attached hydrogens (tertiary/aromatic N) is 2. The molecule has 1 saturated heterocycles. The third kappa shape index (κ3) is 4.94. The fourth-order valence-corrected chi connectivity index (χ4v) is 4.80. The zero-order valence-corrected chi connectivity index (χ0v) is 16.2. The van der Waals surface area contributed by atoms with Gasteiger partial charge in [-0.3, -0.25) is 9.59 Å². The number of anilines is 1. The van der Waals surface area contributed by atoms with Crippen molar-refractivity contribution in [3.8, 4) is 0 Å². The van der Waals surface area contributed by atoms with Gasteiger partial charge in [-0.1, -0.05) is 12.1 Å². The number of carbonyl (C=O) groups excluding carboxylic acids is 3. The molecule has 0 unspecified atom stereocenters. The number of aryl methyl sites for hydroxylation is 1. The zero-order chi connectivity index (χ0) is 20.3. The molecule has 10 heteroatoms. The van der Waals surface area contributed by atoms with Gasteiger partial charge in [0.05, 0.1) is 17.5 Å². The summed E-state index contributed by atoms with van der Waals surface area (Å²) >= 11 is 0. The lowest BCUT2D eigenvalue weighted by Crippen LogP contribution is -2.42. The molecule has 1 N–H and O–H groups in total. The van der Waals surface area contributed by atoms with Crippen molar-refractivity contribution in [2.75, 3.05) is 23.4 Å². The van der Waals surface area contributed by atoms with Crippen LogP contribution >= 0.6 is 0 Å². The summed E-state index contributed by atoms with van der Waals surface area (Å²) in [6, 6.07) is 6.62. The van der Waals surface area contributed by atoms with Crippen LogP contribution in [-0.2, 0) is 29.0 Å². The summed E-state index contributed by atoms with van der Waals surface area (Å²) < 4.78 is 28.3. The molecule has 0 spiro atoms. The molecule has 0 aliphatic carbocycles. The van der Waals surface area contributed by atoms with E-state index in [2.05, 4.69) is 10.4 Å². The van der Waals surface area contributed by atoms with Crippen molar-refractivity contribution in [2.24, 2.45) is 5.10 Å². The van der Waals surface area contributed by atoms with Crippen LogP contribution in [0.3, 0.4) is 0 Å². The predicted molar refractivity (Wildman–Crippen MR) is 101 cm³/mol. The first kappa shape index (κ1) is 20.0. The Morgan fingerprint density at radius 2 is 2.11 bits per heavy atom. The van der Waals surface area contributed by atoms with Gasteiger partial charge in [0.15, 0.2) is 16.4 Å². The van der Waals surface area contributed by atoms with E-state index in [0.717, 1.165) is 10.6 Å². The minimum absolute atomic E-state index is 0.00409.